The maximum absolute atomic E-state index is 12.9. The summed E-state index contributed by atoms with van der Waals surface area (Å²) in [5.41, 5.74) is 4.84. The van der Waals surface area contributed by atoms with E-state index in [9.17, 15) is 10.1 Å². The van der Waals surface area contributed by atoms with Crippen LogP contribution in [0.15, 0.2) is 61.1 Å². The third-order valence-electron chi connectivity index (χ3n) is 5.50. The lowest BCUT2D eigenvalue weighted by molar-refractivity contribution is 0.102. The molecule has 0 aliphatic carbocycles. The number of amides is 1. The van der Waals surface area contributed by atoms with Crippen LogP contribution in [0.1, 0.15) is 45.5 Å². The number of anilines is 1. The van der Waals surface area contributed by atoms with E-state index in [1.165, 1.54) is 0 Å². The topological polar surface area (TPSA) is 101 Å². The lowest BCUT2D eigenvalue weighted by Crippen LogP contribution is -2.15. The van der Waals surface area contributed by atoms with Crippen LogP contribution >= 0.6 is 0 Å². The first-order chi connectivity index (χ1) is 15.1. The van der Waals surface area contributed by atoms with Gasteiger partial charge in [-0.1, -0.05) is 35.5 Å². The van der Waals surface area contributed by atoms with Gasteiger partial charge in [0.2, 0.25) is 0 Å². The van der Waals surface area contributed by atoms with Gasteiger partial charge in [-0.15, -0.1) is 5.10 Å². The Hall–Kier alpha value is -4.25. The van der Waals surface area contributed by atoms with Crippen LogP contribution in [0.25, 0.3) is 5.69 Å². The largest absolute Gasteiger partial charge is 0.320 e. The molecule has 1 atom stereocenters. The highest BCUT2D eigenvalue weighted by Gasteiger charge is 2.30. The first-order valence-electron chi connectivity index (χ1n) is 9.99. The monoisotopic (exact) mass is 409 g/mol. The van der Waals surface area contributed by atoms with Crippen molar-refractivity contribution in [2.24, 2.45) is 0 Å². The van der Waals surface area contributed by atoms with E-state index in [1.807, 2.05) is 36.0 Å². The molecule has 2 aromatic carbocycles. The molecule has 152 valence electrons. The molecule has 0 fully saturated rings. The number of rotatable bonds is 4. The van der Waals surface area contributed by atoms with Crippen LogP contribution in [0.5, 0.6) is 0 Å². The zero-order valence-corrected chi connectivity index (χ0v) is 16.9. The number of nitrogens with zero attached hydrogens (tertiary/aromatic N) is 6. The number of imidazole rings is 1. The molecule has 0 saturated carbocycles. The second-order valence-electron chi connectivity index (χ2n) is 7.51. The third kappa shape index (κ3) is 3.36. The molecular formula is C23H19N7O. The number of hydrogen-bond donors (Lipinski definition) is 1. The smallest absolute Gasteiger partial charge is 0.278 e. The van der Waals surface area contributed by atoms with Crippen LogP contribution in [0, 0.1) is 18.3 Å². The van der Waals surface area contributed by atoms with Gasteiger partial charge in [-0.25, -0.2) is 9.67 Å². The Bertz CT molecular complexity index is 1310. The SMILES string of the molecule is Cc1cn(-c2ccc(NC(=O)c3nnn4c3CCC4c3ccccc3)cc2C#N)cn1. The van der Waals surface area contributed by atoms with E-state index >= 15 is 0 Å². The molecule has 1 aliphatic rings. The van der Waals surface area contributed by atoms with Crippen molar-refractivity contribution in [1.82, 2.24) is 24.5 Å². The van der Waals surface area contributed by atoms with E-state index in [0.29, 0.717) is 22.6 Å². The molecule has 8 nitrogen and oxygen atoms in total. The van der Waals surface area contributed by atoms with Crippen molar-refractivity contribution in [3.63, 3.8) is 0 Å². The van der Waals surface area contributed by atoms with Crippen LogP contribution in [0.2, 0.25) is 0 Å². The normalized spacial score (nSPS) is 14.8. The van der Waals surface area contributed by atoms with Gasteiger partial charge in [0.25, 0.3) is 5.91 Å². The average molecular weight is 409 g/mol. The molecule has 3 heterocycles. The molecule has 1 amide bonds. The summed E-state index contributed by atoms with van der Waals surface area (Å²) in [6, 6.07) is 17.6. The highest BCUT2D eigenvalue weighted by Crippen LogP contribution is 2.32. The number of aromatic nitrogens is 5. The predicted molar refractivity (Wildman–Crippen MR) is 114 cm³/mol. The number of carbonyl (C=O) groups is 1. The Kier molecular flexibility index (Phi) is 4.56. The summed E-state index contributed by atoms with van der Waals surface area (Å²) >= 11 is 0. The van der Waals surface area contributed by atoms with E-state index in [4.69, 9.17) is 0 Å². The minimum Gasteiger partial charge on any atom is -0.320 e. The maximum Gasteiger partial charge on any atom is 0.278 e. The predicted octanol–water partition coefficient (Wildman–Crippen LogP) is 3.43. The third-order valence-corrected chi connectivity index (χ3v) is 5.50. The zero-order valence-electron chi connectivity index (χ0n) is 16.9. The highest BCUT2D eigenvalue weighted by molar-refractivity contribution is 6.03. The number of fused-ring (bicyclic) bond motifs is 1. The fraction of sp³-hybridized carbons (Fsp3) is 0.174. The lowest BCUT2D eigenvalue weighted by Gasteiger charge is -2.10. The summed E-state index contributed by atoms with van der Waals surface area (Å²) in [6.07, 6.45) is 5.12. The fourth-order valence-electron chi connectivity index (χ4n) is 4.02. The van der Waals surface area contributed by atoms with Crippen molar-refractivity contribution in [1.29, 1.82) is 5.26 Å². The molecule has 0 radical (unpaired) electrons. The number of hydrogen-bond acceptors (Lipinski definition) is 5. The van der Waals surface area contributed by atoms with Crippen LogP contribution < -0.4 is 5.32 Å². The van der Waals surface area contributed by atoms with Crippen molar-refractivity contribution >= 4 is 11.6 Å². The van der Waals surface area contributed by atoms with Gasteiger partial charge in [-0.2, -0.15) is 5.26 Å². The molecule has 1 unspecified atom stereocenters. The van der Waals surface area contributed by atoms with Crippen molar-refractivity contribution in [2.45, 2.75) is 25.8 Å². The fourth-order valence-corrected chi connectivity index (χ4v) is 4.02. The molecule has 0 bridgehead atoms. The van der Waals surface area contributed by atoms with E-state index in [-0.39, 0.29) is 11.9 Å². The van der Waals surface area contributed by atoms with E-state index in [1.54, 1.807) is 29.1 Å². The van der Waals surface area contributed by atoms with Gasteiger partial charge in [-0.05, 0) is 43.5 Å². The molecule has 1 N–H and O–H groups in total. The summed E-state index contributed by atoms with van der Waals surface area (Å²) < 4.78 is 3.63. The van der Waals surface area contributed by atoms with Crippen LogP contribution in [0.4, 0.5) is 5.69 Å². The molecule has 5 rings (SSSR count). The number of nitrogens with one attached hydrogen (secondary N) is 1. The quantitative estimate of drug-likeness (QED) is 0.556. The van der Waals surface area contributed by atoms with E-state index in [2.05, 4.69) is 38.8 Å². The van der Waals surface area contributed by atoms with Crippen LogP contribution in [0.3, 0.4) is 0 Å². The summed E-state index contributed by atoms with van der Waals surface area (Å²) in [4.78, 5) is 17.1. The summed E-state index contributed by atoms with van der Waals surface area (Å²) in [6.45, 7) is 1.89. The van der Waals surface area contributed by atoms with Gasteiger partial charge in [0, 0.05) is 11.9 Å². The minimum absolute atomic E-state index is 0.0911. The maximum atomic E-state index is 12.9. The molecule has 1 aliphatic heterocycles. The molecule has 0 saturated heterocycles. The Labute approximate surface area is 178 Å². The van der Waals surface area contributed by atoms with Gasteiger partial charge >= 0.3 is 0 Å². The van der Waals surface area contributed by atoms with Crippen LogP contribution in [-0.4, -0.2) is 30.5 Å². The summed E-state index contributed by atoms with van der Waals surface area (Å²) in [5, 5.41) is 20.8. The van der Waals surface area contributed by atoms with Crippen molar-refractivity contribution in [3.8, 4) is 11.8 Å². The van der Waals surface area contributed by atoms with Crippen molar-refractivity contribution < 1.29 is 4.79 Å². The van der Waals surface area contributed by atoms with E-state index < -0.39 is 0 Å². The zero-order chi connectivity index (χ0) is 21.4. The van der Waals surface area contributed by atoms with Gasteiger partial charge in [0.05, 0.1) is 35.0 Å². The minimum atomic E-state index is -0.329. The number of nitriles is 1. The van der Waals surface area contributed by atoms with Gasteiger partial charge < -0.3 is 9.88 Å². The van der Waals surface area contributed by atoms with Gasteiger partial charge in [0.1, 0.15) is 6.07 Å². The highest BCUT2D eigenvalue weighted by atomic mass is 16.2. The number of carbonyl (C=O) groups excluding carboxylic acids is 1. The first-order valence-corrected chi connectivity index (χ1v) is 9.99. The Morgan fingerprint density at radius 1 is 1.23 bits per heavy atom. The van der Waals surface area contributed by atoms with E-state index in [0.717, 1.165) is 29.8 Å². The molecule has 31 heavy (non-hydrogen) atoms. The Balaban J connectivity index is 1.39. The average Bonchev–Trinajstić information content (AvgIpc) is 3.50. The molecule has 2 aromatic heterocycles. The summed E-state index contributed by atoms with van der Waals surface area (Å²) in [5.74, 6) is -0.329. The molecule has 0 spiro atoms. The molecule has 4 aromatic rings. The Morgan fingerprint density at radius 2 is 2.06 bits per heavy atom. The molecular weight excluding hydrogens is 390 g/mol. The first kappa shape index (κ1) is 18.8. The Morgan fingerprint density at radius 3 is 2.81 bits per heavy atom. The number of aryl methyl sites for hydroxylation is 1. The lowest BCUT2D eigenvalue weighted by atomic mass is 10.1. The van der Waals surface area contributed by atoms with Crippen LogP contribution in [-0.2, 0) is 6.42 Å². The molecule has 8 heteroatoms. The van der Waals surface area contributed by atoms with Gasteiger partial charge in [0.15, 0.2) is 5.69 Å². The van der Waals surface area contributed by atoms with Crippen molar-refractivity contribution in [2.75, 3.05) is 5.32 Å². The summed E-state index contributed by atoms with van der Waals surface area (Å²) in [7, 11) is 0. The second-order valence-corrected chi connectivity index (χ2v) is 7.51. The number of benzene rings is 2. The standard InChI is InChI=1S/C23H19N7O/c1-15-13-29(14-25-15)19-8-7-18(11-17(19)12-24)26-23(31)22-21-10-9-20(30(21)28-27-22)16-5-3-2-4-6-16/h2-8,11,13-14,20H,9-10H2,1H3,(H,26,31). The van der Waals surface area contributed by atoms with Crippen molar-refractivity contribution in [3.05, 3.63) is 89.3 Å². The van der Waals surface area contributed by atoms with Gasteiger partial charge in [-0.3, -0.25) is 4.79 Å². The second kappa shape index (κ2) is 7.54.